The molecule has 0 aliphatic carbocycles. The van der Waals surface area contributed by atoms with Gasteiger partial charge in [0.15, 0.2) is 5.17 Å². The molecule has 1 N–H and O–H groups in total. The lowest BCUT2D eigenvalue weighted by Gasteiger charge is -2.11. The van der Waals surface area contributed by atoms with Crippen molar-refractivity contribution in [3.63, 3.8) is 0 Å². The number of aliphatic imine (C=N–C) groups is 1. The van der Waals surface area contributed by atoms with Gasteiger partial charge in [0, 0.05) is 18.3 Å². The van der Waals surface area contributed by atoms with Crippen molar-refractivity contribution >= 4 is 16.9 Å². The average molecular weight is 228 g/mol. The standard InChI is InChI=1S/C12H24N2S/c1-4-6-7-11(5-2)8-13-12-14-10(3)9-15-12/h10-11H,4-9H2,1-3H3,(H,13,14). The number of rotatable bonds is 6. The maximum Gasteiger partial charge on any atom is 0.156 e. The van der Waals surface area contributed by atoms with Gasteiger partial charge in [-0.1, -0.05) is 44.9 Å². The van der Waals surface area contributed by atoms with Crippen LogP contribution in [-0.2, 0) is 0 Å². The monoisotopic (exact) mass is 228 g/mol. The van der Waals surface area contributed by atoms with E-state index in [0.29, 0.717) is 6.04 Å². The molecule has 0 aromatic heterocycles. The molecule has 0 aromatic carbocycles. The van der Waals surface area contributed by atoms with Crippen molar-refractivity contribution in [2.75, 3.05) is 12.3 Å². The predicted molar refractivity (Wildman–Crippen MR) is 70.7 cm³/mol. The molecule has 0 saturated carbocycles. The zero-order valence-electron chi connectivity index (χ0n) is 10.3. The maximum atomic E-state index is 4.67. The van der Waals surface area contributed by atoms with Crippen molar-refractivity contribution in [2.24, 2.45) is 10.9 Å². The van der Waals surface area contributed by atoms with E-state index >= 15 is 0 Å². The number of amidine groups is 1. The molecule has 0 spiro atoms. The quantitative estimate of drug-likeness (QED) is 0.754. The van der Waals surface area contributed by atoms with Crippen molar-refractivity contribution in [2.45, 2.75) is 52.5 Å². The SMILES string of the molecule is CCCCC(CC)CN=C1NC(C)CS1. The van der Waals surface area contributed by atoms with Crippen LogP contribution >= 0.6 is 11.8 Å². The summed E-state index contributed by atoms with van der Waals surface area (Å²) in [7, 11) is 0. The molecule has 1 aliphatic rings. The maximum absolute atomic E-state index is 4.67. The van der Waals surface area contributed by atoms with E-state index in [9.17, 15) is 0 Å². The highest BCUT2D eigenvalue weighted by Crippen LogP contribution is 2.16. The molecule has 88 valence electrons. The molecule has 15 heavy (non-hydrogen) atoms. The molecule has 0 radical (unpaired) electrons. The van der Waals surface area contributed by atoms with E-state index in [2.05, 4.69) is 31.1 Å². The third-order valence-corrected chi connectivity index (χ3v) is 4.06. The summed E-state index contributed by atoms with van der Waals surface area (Å²) in [6.07, 6.45) is 5.25. The minimum absolute atomic E-state index is 0.601. The molecule has 1 fully saturated rings. The smallest absolute Gasteiger partial charge is 0.156 e. The van der Waals surface area contributed by atoms with Crippen molar-refractivity contribution in [1.29, 1.82) is 0 Å². The first-order valence-electron chi connectivity index (χ1n) is 6.20. The van der Waals surface area contributed by atoms with Gasteiger partial charge in [-0.3, -0.25) is 4.99 Å². The molecule has 2 unspecified atom stereocenters. The van der Waals surface area contributed by atoms with Crippen molar-refractivity contribution in [3.8, 4) is 0 Å². The van der Waals surface area contributed by atoms with E-state index in [1.54, 1.807) is 0 Å². The van der Waals surface area contributed by atoms with E-state index < -0.39 is 0 Å². The Labute approximate surface area is 98.3 Å². The van der Waals surface area contributed by atoms with Crippen LogP contribution in [0.5, 0.6) is 0 Å². The van der Waals surface area contributed by atoms with E-state index in [1.807, 2.05) is 11.8 Å². The van der Waals surface area contributed by atoms with Gasteiger partial charge in [0.05, 0.1) is 0 Å². The Morgan fingerprint density at radius 3 is 2.87 bits per heavy atom. The van der Waals surface area contributed by atoms with Gasteiger partial charge >= 0.3 is 0 Å². The lowest BCUT2D eigenvalue weighted by atomic mass is 10.00. The van der Waals surface area contributed by atoms with Crippen molar-refractivity contribution in [1.82, 2.24) is 5.32 Å². The van der Waals surface area contributed by atoms with Gasteiger partial charge < -0.3 is 5.32 Å². The first-order valence-corrected chi connectivity index (χ1v) is 7.18. The number of hydrogen-bond acceptors (Lipinski definition) is 2. The Morgan fingerprint density at radius 2 is 2.33 bits per heavy atom. The molecule has 1 rings (SSSR count). The van der Waals surface area contributed by atoms with Crippen LogP contribution in [0.25, 0.3) is 0 Å². The second-order valence-electron chi connectivity index (χ2n) is 4.42. The molecular weight excluding hydrogens is 204 g/mol. The summed E-state index contributed by atoms with van der Waals surface area (Å²) in [6, 6.07) is 0.601. The lowest BCUT2D eigenvalue weighted by Crippen LogP contribution is -2.23. The van der Waals surface area contributed by atoms with Crippen molar-refractivity contribution in [3.05, 3.63) is 0 Å². The fourth-order valence-electron chi connectivity index (χ4n) is 1.72. The van der Waals surface area contributed by atoms with Crippen LogP contribution in [0.2, 0.25) is 0 Å². The Kier molecular flexibility index (Phi) is 6.15. The summed E-state index contributed by atoms with van der Waals surface area (Å²) < 4.78 is 0. The van der Waals surface area contributed by atoms with Crippen LogP contribution in [0.4, 0.5) is 0 Å². The molecule has 2 nitrogen and oxygen atoms in total. The lowest BCUT2D eigenvalue weighted by molar-refractivity contribution is 0.462. The minimum atomic E-state index is 0.601. The van der Waals surface area contributed by atoms with Crippen LogP contribution in [0.1, 0.15) is 46.5 Å². The third kappa shape index (κ3) is 4.92. The number of thioether (sulfide) groups is 1. The third-order valence-electron chi connectivity index (χ3n) is 2.88. The molecule has 0 amide bonds. The second-order valence-corrected chi connectivity index (χ2v) is 5.43. The number of unbranched alkanes of at least 4 members (excludes halogenated alkanes) is 1. The number of hydrogen-bond donors (Lipinski definition) is 1. The van der Waals surface area contributed by atoms with Crippen LogP contribution in [-0.4, -0.2) is 23.5 Å². The fourth-order valence-corrected chi connectivity index (χ4v) is 2.66. The highest BCUT2D eigenvalue weighted by atomic mass is 32.2. The van der Waals surface area contributed by atoms with Gasteiger partial charge in [0.25, 0.3) is 0 Å². The summed E-state index contributed by atoms with van der Waals surface area (Å²) >= 11 is 1.87. The second kappa shape index (κ2) is 7.15. The van der Waals surface area contributed by atoms with E-state index in [1.165, 1.54) is 31.4 Å². The largest absolute Gasteiger partial charge is 0.362 e. The Hall–Kier alpha value is -0.180. The summed E-state index contributed by atoms with van der Waals surface area (Å²) in [4.78, 5) is 4.67. The van der Waals surface area contributed by atoms with Gasteiger partial charge in [-0.15, -0.1) is 0 Å². The molecule has 1 saturated heterocycles. The summed E-state index contributed by atoms with van der Waals surface area (Å²) in [5.41, 5.74) is 0. The summed E-state index contributed by atoms with van der Waals surface area (Å²) in [5, 5.41) is 4.57. The Balaban J connectivity index is 2.26. The summed E-state index contributed by atoms with van der Waals surface area (Å²) in [6.45, 7) is 7.76. The van der Waals surface area contributed by atoms with Gasteiger partial charge in [0.2, 0.25) is 0 Å². The van der Waals surface area contributed by atoms with E-state index in [4.69, 9.17) is 0 Å². The molecule has 2 atom stereocenters. The van der Waals surface area contributed by atoms with Crippen molar-refractivity contribution < 1.29 is 0 Å². The predicted octanol–water partition coefficient (Wildman–Crippen LogP) is 3.28. The molecule has 0 bridgehead atoms. The number of nitrogens with one attached hydrogen (secondary N) is 1. The van der Waals surface area contributed by atoms with E-state index in [-0.39, 0.29) is 0 Å². The van der Waals surface area contributed by atoms with Crippen LogP contribution < -0.4 is 5.32 Å². The van der Waals surface area contributed by atoms with Crippen LogP contribution in [0.15, 0.2) is 4.99 Å². The molecule has 1 aliphatic heterocycles. The van der Waals surface area contributed by atoms with Crippen LogP contribution in [0.3, 0.4) is 0 Å². The first-order chi connectivity index (χ1) is 7.26. The van der Waals surface area contributed by atoms with E-state index in [0.717, 1.165) is 17.6 Å². The molecular formula is C12H24N2S. The Bertz CT molecular complexity index is 204. The fraction of sp³-hybridized carbons (Fsp3) is 0.917. The highest BCUT2D eigenvalue weighted by molar-refractivity contribution is 8.14. The normalized spacial score (nSPS) is 25.5. The average Bonchev–Trinajstić information content (AvgIpc) is 2.65. The zero-order valence-corrected chi connectivity index (χ0v) is 11.1. The topological polar surface area (TPSA) is 24.4 Å². The summed E-state index contributed by atoms with van der Waals surface area (Å²) in [5.74, 6) is 1.96. The molecule has 3 heteroatoms. The first kappa shape index (κ1) is 12.9. The van der Waals surface area contributed by atoms with Gasteiger partial charge in [0.1, 0.15) is 0 Å². The molecule has 1 heterocycles. The molecule has 0 aromatic rings. The van der Waals surface area contributed by atoms with Gasteiger partial charge in [-0.25, -0.2) is 0 Å². The highest BCUT2D eigenvalue weighted by Gasteiger charge is 2.15. The van der Waals surface area contributed by atoms with Gasteiger partial charge in [-0.2, -0.15) is 0 Å². The van der Waals surface area contributed by atoms with Crippen LogP contribution in [0, 0.1) is 5.92 Å². The Morgan fingerprint density at radius 1 is 1.53 bits per heavy atom. The zero-order chi connectivity index (χ0) is 11.1. The number of nitrogens with zero attached hydrogens (tertiary/aromatic N) is 1. The van der Waals surface area contributed by atoms with Gasteiger partial charge in [-0.05, 0) is 19.3 Å². The minimum Gasteiger partial charge on any atom is -0.362 e.